The molecule has 3 nitrogen and oxygen atoms in total. The van der Waals surface area contributed by atoms with Gasteiger partial charge >= 0.3 is 5.51 Å². The van der Waals surface area contributed by atoms with Gasteiger partial charge in [-0.1, -0.05) is 0 Å². The SMILES string of the molecule is Fc1cc(F)cc([S+](c2cc(F)cc(F)c2)c2ccc(I)c(I)c2)c1.O=S(=O)([O-])C(F)(F)F. The third-order valence-electron chi connectivity index (χ3n) is 3.55. The minimum absolute atomic E-state index is 0.319. The largest absolute Gasteiger partial charge is 0.741 e. The Morgan fingerprint density at radius 2 is 1.03 bits per heavy atom. The number of alkyl halides is 3. The van der Waals surface area contributed by atoms with Gasteiger partial charge in [-0.3, -0.25) is 0 Å². The highest BCUT2D eigenvalue weighted by atomic mass is 127. The van der Waals surface area contributed by atoms with Crippen molar-refractivity contribution in [1.82, 2.24) is 0 Å². The summed E-state index contributed by atoms with van der Waals surface area (Å²) >= 11 is 4.32. The lowest BCUT2D eigenvalue weighted by Crippen LogP contribution is -2.21. The van der Waals surface area contributed by atoms with Crippen LogP contribution in [0.4, 0.5) is 30.7 Å². The van der Waals surface area contributed by atoms with Crippen molar-refractivity contribution >= 4 is 66.2 Å². The van der Waals surface area contributed by atoms with Gasteiger partial charge in [0.2, 0.25) is 0 Å². The first-order chi connectivity index (χ1) is 15.1. The minimum Gasteiger partial charge on any atom is -0.741 e. The van der Waals surface area contributed by atoms with Crippen LogP contribution in [-0.2, 0) is 21.0 Å². The van der Waals surface area contributed by atoms with Gasteiger partial charge in [-0.2, -0.15) is 13.2 Å². The fraction of sp³-hybridized carbons (Fsp3) is 0.0526. The first-order valence-electron chi connectivity index (χ1n) is 8.22. The van der Waals surface area contributed by atoms with Crippen molar-refractivity contribution in [1.29, 1.82) is 0 Å². The molecular weight excluding hydrogens is 727 g/mol. The highest BCUT2D eigenvalue weighted by molar-refractivity contribution is 14.1. The van der Waals surface area contributed by atoms with Crippen molar-refractivity contribution in [3.8, 4) is 0 Å². The van der Waals surface area contributed by atoms with E-state index in [-0.39, 0.29) is 0 Å². The molecule has 3 rings (SSSR count). The van der Waals surface area contributed by atoms with Gasteiger partial charge in [0.1, 0.15) is 23.3 Å². The molecule has 178 valence electrons. The maximum atomic E-state index is 13.7. The van der Waals surface area contributed by atoms with Gasteiger partial charge in [-0.05, 0) is 57.3 Å². The van der Waals surface area contributed by atoms with Gasteiger partial charge in [0, 0.05) is 49.6 Å². The van der Waals surface area contributed by atoms with E-state index in [0.717, 1.165) is 24.2 Å². The molecular formula is C19H9F7I2O3S2. The maximum absolute atomic E-state index is 13.7. The van der Waals surface area contributed by atoms with Crippen molar-refractivity contribution < 1.29 is 43.7 Å². The lowest BCUT2D eigenvalue weighted by Gasteiger charge is -2.10. The molecule has 0 unspecified atom stereocenters. The minimum atomic E-state index is -6.09. The van der Waals surface area contributed by atoms with Crippen LogP contribution in [0.15, 0.2) is 69.3 Å². The van der Waals surface area contributed by atoms with Gasteiger partial charge in [-0.25, -0.2) is 26.0 Å². The van der Waals surface area contributed by atoms with Crippen LogP contribution in [0, 0.1) is 30.4 Å². The zero-order valence-corrected chi connectivity index (χ0v) is 21.6. The maximum Gasteiger partial charge on any atom is 0.485 e. The molecule has 0 amide bonds. The van der Waals surface area contributed by atoms with Crippen LogP contribution < -0.4 is 0 Å². The molecule has 0 saturated heterocycles. The van der Waals surface area contributed by atoms with Gasteiger partial charge in [0.15, 0.2) is 24.8 Å². The second-order valence-corrected chi connectivity index (χ2v) is 11.7. The molecule has 33 heavy (non-hydrogen) atoms. The van der Waals surface area contributed by atoms with Crippen LogP contribution in [0.2, 0.25) is 0 Å². The van der Waals surface area contributed by atoms with Crippen LogP contribution in [-0.4, -0.2) is 18.5 Å². The van der Waals surface area contributed by atoms with E-state index in [1.54, 1.807) is 6.07 Å². The molecule has 14 heteroatoms. The Morgan fingerprint density at radius 1 is 0.667 bits per heavy atom. The molecule has 0 fully saturated rings. The molecule has 3 aromatic rings. The Hall–Kier alpha value is -1.11. The van der Waals surface area contributed by atoms with E-state index >= 15 is 0 Å². The first-order valence-corrected chi connectivity index (χ1v) is 13.0. The Kier molecular flexibility index (Phi) is 9.45. The van der Waals surface area contributed by atoms with Crippen molar-refractivity contribution in [2.75, 3.05) is 0 Å². The second-order valence-electron chi connectivity index (χ2n) is 5.99. The molecule has 0 heterocycles. The Labute approximate surface area is 213 Å². The highest BCUT2D eigenvalue weighted by Crippen LogP contribution is 2.34. The summed E-state index contributed by atoms with van der Waals surface area (Å²) in [5.74, 6) is -2.93. The molecule has 0 aromatic heterocycles. The predicted molar refractivity (Wildman–Crippen MR) is 123 cm³/mol. The standard InChI is InChI=1S/C18H9F4I2S.CHF3O3S/c19-10-3-11(20)6-15(5-10)25(14-1-2-17(23)18(24)9-14)16-7-12(21)4-13(22)8-16;2-1(3,4)8(5,6)7/h1-9H;(H,5,6,7)/q+1;/p-1. The molecule has 0 aliphatic carbocycles. The van der Waals surface area contributed by atoms with E-state index in [1.807, 2.05) is 12.1 Å². The van der Waals surface area contributed by atoms with Crippen LogP contribution in [0.3, 0.4) is 0 Å². The fourth-order valence-corrected chi connectivity index (χ4v) is 5.54. The quantitative estimate of drug-likeness (QED) is 0.100. The molecule has 0 N–H and O–H groups in total. The smallest absolute Gasteiger partial charge is 0.485 e. The average molecular weight is 736 g/mol. The Balaban J connectivity index is 0.000000414. The van der Waals surface area contributed by atoms with Crippen LogP contribution in [0.1, 0.15) is 0 Å². The number of hydrogen-bond acceptors (Lipinski definition) is 3. The van der Waals surface area contributed by atoms with E-state index in [0.29, 0.717) is 9.79 Å². The molecule has 0 saturated carbocycles. The summed E-state index contributed by atoms with van der Waals surface area (Å²) in [6.45, 7) is 0. The summed E-state index contributed by atoms with van der Waals surface area (Å²) in [5.41, 5.74) is -5.65. The van der Waals surface area contributed by atoms with Gasteiger partial charge in [0.25, 0.3) is 0 Å². The number of hydrogen-bond donors (Lipinski definition) is 0. The molecule has 0 atom stereocenters. The zero-order chi connectivity index (χ0) is 25.1. The summed E-state index contributed by atoms with van der Waals surface area (Å²) in [6.07, 6.45) is 0. The fourth-order valence-electron chi connectivity index (χ4n) is 2.30. The summed E-state index contributed by atoms with van der Waals surface area (Å²) in [7, 11) is -7.13. The average Bonchev–Trinajstić information content (AvgIpc) is 2.62. The van der Waals surface area contributed by atoms with E-state index in [2.05, 4.69) is 45.2 Å². The first kappa shape index (κ1) is 28.1. The third-order valence-corrected chi connectivity index (χ3v) is 9.13. The Morgan fingerprint density at radius 3 is 1.33 bits per heavy atom. The van der Waals surface area contributed by atoms with Gasteiger partial charge in [0.05, 0.1) is 10.9 Å². The lowest BCUT2D eigenvalue weighted by molar-refractivity contribution is -0.0517. The lowest BCUT2D eigenvalue weighted by atomic mass is 10.3. The third kappa shape index (κ3) is 7.97. The molecule has 0 bridgehead atoms. The predicted octanol–water partition coefficient (Wildman–Crippen LogP) is 6.60. The number of rotatable bonds is 3. The van der Waals surface area contributed by atoms with Crippen molar-refractivity contribution in [2.24, 2.45) is 0 Å². The zero-order valence-electron chi connectivity index (χ0n) is 15.6. The van der Waals surface area contributed by atoms with Crippen LogP contribution in [0.25, 0.3) is 0 Å². The summed E-state index contributed by atoms with van der Waals surface area (Å²) in [5, 5.41) is 0. The van der Waals surface area contributed by atoms with Crippen molar-refractivity contribution in [3.63, 3.8) is 0 Å². The topological polar surface area (TPSA) is 57.2 Å². The molecule has 0 aliphatic heterocycles. The number of benzene rings is 3. The van der Waals surface area contributed by atoms with E-state index in [1.165, 1.54) is 24.3 Å². The number of halogens is 9. The molecule has 3 aromatic carbocycles. The summed E-state index contributed by atoms with van der Waals surface area (Å²) in [4.78, 5) is 1.36. The second kappa shape index (κ2) is 11.1. The normalized spacial score (nSPS) is 11.8. The van der Waals surface area contributed by atoms with Gasteiger partial charge < -0.3 is 4.55 Å². The monoisotopic (exact) mass is 736 g/mol. The molecule has 0 spiro atoms. The van der Waals surface area contributed by atoms with E-state index < -0.39 is 49.8 Å². The molecule has 0 aliphatic rings. The van der Waals surface area contributed by atoms with Crippen molar-refractivity contribution in [2.45, 2.75) is 20.2 Å². The molecule has 0 radical (unpaired) electrons. The van der Waals surface area contributed by atoms with Crippen LogP contribution in [0.5, 0.6) is 0 Å². The summed E-state index contributed by atoms with van der Waals surface area (Å²) in [6, 6.07) is 11.8. The van der Waals surface area contributed by atoms with E-state index in [4.69, 9.17) is 13.0 Å². The Bertz CT molecular complexity index is 1180. The van der Waals surface area contributed by atoms with E-state index in [9.17, 15) is 30.7 Å². The summed E-state index contributed by atoms with van der Waals surface area (Å²) < 4.78 is 116. The van der Waals surface area contributed by atoms with Gasteiger partial charge in [-0.15, -0.1) is 0 Å². The van der Waals surface area contributed by atoms with Crippen molar-refractivity contribution in [3.05, 3.63) is 85.0 Å². The van der Waals surface area contributed by atoms with Crippen LogP contribution >= 0.6 is 45.2 Å². The highest BCUT2D eigenvalue weighted by Gasteiger charge is 2.37.